The van der Waals surface area contributed by atoms with Gasteiger partial charge in [-0.15, -0.1) is 0 Å². The fourth-order valence-corrected chi connectivity index (χ4v) is 6.33. The van der Waals surface area contributed by atoms with Gasteiger partial charge in [0.1, 0.15) is 29.7 Å². The van der Waals surface area contributed by atoms with Crippen LogP contribution in [0.3, 0.4) is 0 Å². The maximum absolute atomic E-state index is 14.6. The number of carbonyl (C=O) groups excluding carboxylic acids is 4. The van der Waals surface area contributed by atoms with E-state index < -0.39 is 41.3 Å². The molecule has 0 radical (unpaired) electrons. The number of likely N-dealkylation sites (tertiary alicyclic amines) is 1. The van der Waals surface area contributed by atoms with E-state index in [2.05, 4.69) is 20.9 Å². The molecule has 1 aromatic heterocycles. The van der Waals surface area contributed by atoms with Crippen LogP contribution in [0.25, 0.3) is 5.69 Å². The second-order valence-corrected chi connectivity index (χ2v) is 14.5. The molecule has 280 valence electrons. The maximum atomic E-state index is 14.6. The van der Waals surface area contributed by atoms with Crippen molar-refractivity contribution in [3.8, 4) is 5.69 Å². The van der Waals surface area contributed by atoms with Crippen molar-refractivity contribution in [2.75, 3.05) is 26.7 Å². The van der Waals surface area contributed by atoms with Crippen LogP contribution in [-0.4, -0.2) is 93.8 Å². The molecule has 0 spiro atoms. The topological polar surface area (TPSA) is 129 Å². The summed E-state index contributed by atoms with van der Waals surface area (Å²) >= 11 is 0. The highest BCUT2D eigenvalue weighted by atomic mass is 19.1. The van der Waals surface area contributed by atoms with Gasteiger partial charge < -0.3 is 30.3 Å². The van der Waals surface area contributed by atoms with Crippen LogP contribution >= 0.6 is 0 Å². The Labute approximate surface area is 308 Å². The molecule has 2 heterocycles. The molecule has 0 unspecified atom stereocenters. The zero-order valence-electron chi connectivity index (χ0n) is 30.7. The Morgan fingerprint density at radius 2 is 1.58 bits per heavy atom. The summed E-state index contributed by atoms with van der Waals surface area (Å²) in [6.07, 6.45) is 3.77. The van der Waals surface area contributed by atoms with Crippen molar-refractivity contribution < 1.29 is 28.0 Å². The van der Waals surface area contributed by atoms with Crippen molar-refractivity contribution >= 4 is 23.6 Å². The van der Waals surface area contributed by atoms with Gasteiger partial charge in [0.25, 0.3) is 11.8 Å². The third-order valence-corrected chi connectivity index (χ3v) is 9.52. The zero-order valence-corrected chi connectivity index (χ0v) is 30.7. The van der Waals surface area contributed by atoms with Gasteiger partial charge in [0.2, 0.25) is 11.8 Å². The van der Waals surface area contributed by atoms with Gasteiger partial charge in [-0.3, -0.25) is 19.2 Å². The molecule has 3 N–H and O–H groups in total. The standard InChI is InChI=1S/C40H47F2N7O4/c1-26(43-5)36(50)46-35(40(2,3)4)39(53)49-22-31(45-37(51)28-9-7-6-8-10-28)21-33(49)23-47(20-19-27-11-13-29(41)14-12-27)38(52)34-24-48(25-44-34)32-17-15-30(42)16-18-32/h6-18,24-26,31,33,35,43H,19-23H2,1-5H3,(H,45,51)(H,46,50)/t26-,31-,33-,35+/m0/s1. The number of imidazole rings is 1. The Balaban J connectivity index is 1.46. The van der Waals surface area contributed by atoms with Gasteiger partial charge in [0.05, 0.1) is 12.1 Å². The minimum Gasteiger partial charge on any atom is -0.347 e. The van der Waals surface area contributed by atoms with E-state index in [1.807, 2.05) is 26.8 Å². The number of aromatic nitrogens is 2. The molecule has 5 rings (SSSR count). The molecule has 4 amide bonds. The molecule has 0 bridgehead atoms. The molecule has 53 heavy (non-hydrogen) atoms. The monoisotopic (exact) mass is 727 g/mol. The molecule has 1 aliphatic heterocycles. The Morgan fingerprint density at radius 1 is 0.943 bits per heavy atom. The molecule has 0 saturated carbocycles. The largest absolute Gasteiger partial charge is 0.347 e. The second-order valence-electron chi connectivity index (χ2n) is 14.5. The Kier molecular flexibility index (Phi) is 12.4. The second kappa shape index (κ2) is 16.9. The first-order valence-corrected chi connectivity index (χ1v) is 17.7. The number of carbonyl (C=O) groups is 4. The summed E-state index contributed by atoms with van der Waals surface area (Å²) in [7, 11) is 1.66. The number of nitrogens with one attached hydrogen (secondary N) is 3. The fourth-order valence-electron chi connectivity index (χ4n) is 6.33. The van der Waals surface area contributed by atoms with Crippen LogP contribution in [0, 0.1) is 17.0 Å². The molecule has 1 aliphatic rings. The molecule has 11 nitrogen and oxygen atoms in total. The quantitative estimate of drug-likeness (QED) is 0.188. The number of halogens is 2. The number of hydrogen-bond acceptors (Lipinski definition) is 6. The predicted octanol–water partition coefficient (Wildman–Crippen LogP) is 4.37. The first kappa shape index (κ1) is 38.8. The SMILES string of the molecule is CN[C@@H](C)C(=O)N[C@H](C(=O)N1C[C@@H](NC(=O)c2ccccc2)C[C@H]1CN(CCc1ccc(F)cc1)C(=O)c1cn(-c2ccc(F)cc2)cn1)C(C)(C)C. The minimum atomic E-state index is -0.911. The summed E-state index contributed by atoms with van der Waals surface area (Å²) < 4.78 is 28.9. The highest BCUT2D eigenvalue weighted by molar-refractivity contribution is 5.95. The number of rotatable bonds is 13. The fraction of sp³-hybridized carbons (Fsp3) is 0.375. The van der Waals surface area contributed by atoms with Crippen LogP contribution in [0.5, 0.6) is 0 Å². The van der Waals surface area contributed by atoms with Crippen molar-refractivity contribution in [3.63, 3.8) is 0 Å². The van der Waals surface area contributed by atoms with Gasteiger partial charge in [-0.2, -0.15) is 0 Å². The summed E-state index contributed by atoms with van der Waals surface area (Å²) in [6, 6.07) is 18.1. The van der Waals surface area contributed by atoms with Crippen LogP contribution in [0.15, 0.2) is 91.4 Å². The van der Waals surface area contributed by atoms with E-state index in [-0.39, 0.29) is 48.9 Å². The van der Waals surface area contributed by atoms with Crippen molar-refractivity contribution in [2.45, 2.75) is 64.7 Å². The average Bonchev–Trinajstić information content (AvgIpc) is 3.80. The molecule has 1 fully saturated rings. The lowest BCUT2D eigenvalue weighted by molar-refractivity contribution is -0.140. The highest BCUT2D eigenvalue weighted by Crippen LogP contribution is 2.27. The molecular formula is C40H47F2N7O4. The Bertz CT molecular complexity index is 1880. The van der Waals surface area contributed by atoms with E-state index in [1.165, 1.54) is 30.6 Å². The number of likely N-dealkylation sites (N-methyl/N-ethyl adjacent to an activating group) is 1. The van der Waals surface area contributed by atoms with E-state index in [1.54, 1.807) is 83.1 Å². The lowest BCUT2D eigenvalue weighted by Crippen LogP contribution is -2.59. The number of amides is 4. The first-order valence-electron chi connectivity index (χ1n) is 17.7. The van der Waals surface area contributed by atoms with Gasteiger partial charge >= 0.3 is 0 Å². The van der Waals surface area contributed by atoms with Crippen molar-refractivity contribution in [2.24, 2.45) is 5.41 Å². The summed E-state index contributed by atoms with van der Waals surface area (Å²) in [5.41, 5.74) is 1.36. The van der Waals surface area contributed by atoms with Gasteiger partial charge in [-0.25, -0.2) is 13.8 Å². The number of hydrogen-bond donors (Lipinski definition) is 3. The van der Waals surface area contributed by atoms with Gasteiger partial charge in [0, 0.05) is 43.1 Å². The summed E-state index contributed by atoms with van der Waals surface area (Å²) in [4.78, 5) is 62.8. The third kappa shape index (κ3) is 9.92. The molecule has 1 saturated heterocycles. The predicted molar refractivity (Wildman–Crippen MR) is 197 cm³/mol. The van der Waals surface area contributed by atoms with Crippen molar-refractivity contribution in [1.29, 1.82) is 0 Å². The number of benzene rings is 3. The van der Waals surface area contributed by atoms with Crippen LogP contribution < -0.4 is 16.0 Å². The lowest BCUT2D eigenvalue weighted by Gasteiger charge is -2.37. The van der Waals surface area contributed by atoms with E-state index in [4.69, 9.17) is 0 Å². The highest BCUT2D eigenvalue weighted by Gasteiger charge is 2.44. The minimum absolute atomic E-state index is 0.0879. The third-order valence-electron chi connectivity index (χ3n) is 9.52. The van der Waals surface area contributed by atoms with E-state index >= 15 is 0 Å². The average molecular weight is 728 g/mol. The van der Waals surface area contributed by atoms with Crippen LogP contribution in [0.1, 0.15) is 60.5 Å². The van der Waals surface area contributed by atoms with Gasteiger partial charge in [-0.1, -0.05) is 51.1 Å². The molecule has 3 aromatic carbocycles. The Hall–Kier alpha value is -5.43. The normalized spacial score (nSPS) is 16.8. The van der Waals surface area contributed by atoms with Crippen LogP contribution in [0.2, 0.25) is 0 Å². The summed E-state index contributed by atoms with van der Waals surface area (Å²) in [5, 5.41) is 8.91. The summed E-state index contributed by atoms with van der Waals surface area (Å²) in [6.45, 7) is 7.78. The molecule has 4 atom stereocenters. The van der Waals surface area contributed by atoms with Crippen molar-refractivity contribution in [1.82, 2.24) is 35.3 Å². The van der Waals surface area contributed by atoms with Gasteiger partial charge in [0.15, 0.2) is 0 Å². The van der Waals surface area contributed by atoms with E-state index in [0.717, 1.165) is 5.56 Å². The first-order chi connectivity index (χ1) is 25.2. The van der Waals surface area contributed by atoms with Crippen LogP contribution in [0.4, 0.5) is 8.78 Å². The van der Waals surface area contributed by atoms with Crippen molar-refractivity contribution in [3.05, 3.63) is 120 Å². The molecular weight excluding hydrogens is 680 g/mol. The lowest BCUT2D eigenvalue weighted by atomic mass is 9.85. The molecule has 13 heteroatoms. The maximum Gasteiger partial charge on any atom is 0.274 e. The molecule has 4 aromatic rings. The number of nitrogens with zero attached hydrogens (tertiary/aromatic N) is 4. The Morgan fingerprint density at radius 3 is 2.21 bits per heavy atom. The molecule has 0 aliphatic carbocycles. The van der Waals surface area contributed by atoms with Crippen LogP contribution in [-0.2, 0) is 16.0 Å². The van der Waals surface area contributed by atoms with Gasteiger partial charge in [-0.05, 0) is 86.3 Å². The zero-order chi connectivity index (χ0) is 38.3. The smallest absolute Gasteiger partial charge is 0.274 e. The summed E-state index contributed by atoms with van der Waals surface area (Å²) in [5.74, 6) is -2.12. The van der Waals surface area contributed by atoms with E-state index in [9.17, 15) is 28.0 Å². The van der Waals surface area contributed by atoms with E-state index in [0.29, 0.717) is 24.1 Å².